The normalized spacial score (nSPS) is 20.5. The van der Waals surface area contributed by atoms with E-state index in [2.05, 4.69) is 5.32 Å². The highest BCUT2D eigenvalue weighted by atomic mass is 16.5. The summed E-state index contributed by atoms with van der Waals surface area (Å²) in [5.74, 6) is 0.804. The van der Waals surface area contributed by atoms with Crippen LogP contribution in [0.1, 0.15) is 36.0 Å². The van der Waals surface area contributed by atoms with E-state index < -0.39 is 0 Å². The van der Waals surface area contributed by atoms with Crippen LogP contribution in [0, 0.1) is 0 Å². The molecule has 7 nitrogen and oxygen atoms in total. The van der Waals surface area contributed by atoms with Crippen LogP contribution in [-0.4, -0.2) is 68.9 Å². The number of hydrogen-bond acceptors (Lipinski definition) is 5. The third kappa shape index (κ3) is 5.68. The lowest BCUT2D eigenvalue weighted by Crippen LogP contribution is -2.42. The van der Waals surface area contributed by atoms with Gasteiger partial charge in [-0.2, -0.15) is 0 Å². The fraction of sp³-hybridized carbons (Fsp3) is 0.600. The number of piperidine rings is 1. The highest BCUT2D eigenvalue weighted by molar-refractivity contribution is 5.94. The maximum absolute atomic E-state index is 12.2. The molecule has 2 fully saturated rings. The molecule has 0 spiro atoms. The van der Waals surface area contributed by atoms with Crippen LogP contribution in [0.2, 0.25) is 0 Å². The van der Waals surface area contributed by atoms with Gasteiger partial charge in [-0.1, -0.05) is 0 Å². The van der Waals surface area contributed by atoms with E-state index in [4.69, 9.17) is 14.2 Å². The van der Waals surface area contributed by atoms with Crippen molar-refractivity contribution >= 4 is 11.8 Å². The third-order valence-electron chi connectivity index (χ3n) is 5.00. The topological polar surface area (TPSA) is 77.1 Å². The van der Waals surface area contributed by atoms with Crippen molar-refractivity contribution in [2.75, 3.05) is 40.0 Å². The third-order valence-corrected chi connectivity index (χ3v) is 5.00. The molecule has 2 amide bonds. The van der Waals surface area contributed by atoms with Crippen LogP contribution in [0.25, 0.3) is 0 Å². The van der Waals surface area contributed by atoms with Gasteiger partial charge in [-0.25, -0.2) is 0 Å². The number of nitrogens with one attached hydrogen (secondary N) is 1. The molecule has 0 unspecified atom stereocenters. The number of methoxy groups -OCH3 is 1. The van der Waals surface area contributed by atoms with Crippen LogP contribution in [0.4, 0.5) is 0 Å². The van der Waals surface area contributed by atoms with Crippen molar-refractivity contribution in [3.63, 3.8) is 0 Å². The zero-order valence-electron chi connectivity index (χ0n) is 15.8. The van der Waals surface area contributed by atoms with Crippen LogP contribution >= 0.6 is 0 Å². The molecule has 3 rings (SSSR count). The summed E-state index contributed by atoms with van der Waals surface area (Å²) in [6, 6.07) is 7.32. The molecule has 2 aliphatic rings. The van der Waals surface area contributed by atoms with E-state index in [1.165, 1.54) is 0 Å². The van der Waals surface area contributed by atoms with Crippen LogP contribution in [0.15, 0.2) is 24.3 Å². The molecule has 2 saturated heterocycles. The van der Waals surface area contributed by atoms with Gasteiger partial charge in [-0.3, -0.25) is 9.59 Å². The summed E-state index contributed by atoms with van der Waals surface area (Å²) >= 11 is 0. The molecule has 0 aliphatic carbocycles. The Kier molecular flexibility index (Phi) is 7.06. The van der Waals surface area contributed by atoms with Gasteiger partial charge < -0.3 is 24.4 Å². The first-order valence-corrected chi connectivity index (χ1v) is 9.57. The predicted molar refractivity (Wildman–Crippen MR) is 99.9 cm³/mol. The summed E-state index contributed by atoms with van der Waals surface area (Å²) in [5.41, 5.74) is 0.618. The van der Waals surface area contributed by atoms with Crippen LogP contribution in [0.3, 0.4) is 0 Å². The molecule has 2 heterocycles. The molecule has 27 heavy (non-hydrogen) atoms. The molecular formula is C20H28N2O5. The summed E-state index contributed by atoms with van der Waals surface area (Å²) in [7, 11) is 1.60. The van der Waals surface area contributed by atoms with E-state index in [-0.39, 0.29) is 24.0 Å². The second kappa shape index (κ2) is 9.71. The van der Waals surface area contributed by atoms with Crippen molar-refractivity contribution in [1.82, 2.24) is 10.2 Å². The minimum Gasteiger partial charge on any atom is -0.490 e. The molecule has 1 aromatic carbocycles. The standard InChI is InChI=1S/C20H28N2O5/c1-25-12-9-19(23)22-10-6-18(7-11-22)27-17-4-2-15(3-5-17)20(24)21-16-8-13-26-14-16/h2-5,16,18H,6-14H2,1H3,(H,21,24)/t16-/m1/s1. The van der Waals surface area contributed by atoms with Gasteiger partial charge in [0.25, 0.3) is 5.91 Å². The number of carbonyl (C=O) groups excluding carboxylic acids is 2. The van der Waals surface area contributed by atoms with Gasteiger partial charge in [0.15, 0.2) is 0 Å². The summed E-state index contributed by atoms with van der Waals surface area (Å²) in [6.45, 7) is 3.16. The fourth-order valence-corrected chi connectivity index (χ4v) is 3.36. The lowest BCUT2D eigenvalue weighted by molar-refractivity contribution is -0.133. The van der Waals surface area contributed by atoms with Crippen molar-refractivity contribution in [2.45, 2.75) is 37.8 Å². The van der Waals surface area contributed by atoms with Gasteiger partial charge in [0.05, 0.1) is 25.7 Å². The Balaban J connectivity index is 1.43. The lowest BCUT2D eigenvalue weighted by atomic mass is 10.1. The predicted octanol–water partition coefficient (Wildman–Crippen LogP) is 1.61. The number of nitrogens with zero attached hydrogens (tertiary/aromatic N) is 1. The Hall–Kier alpha value is -2.12. The Labute approximate surface area is 160 Å². The molecule has 1 aromatic rings. The molecule has 0 radical (unpaired) electrons. The van der Waals surface area contributed by atoms with Gasteiger partial charge in [0.2, 0.25) is 5.91 Å². The van der Waals surface area contributed by atoms with Crippen LogP contribution < -0.4 is 10.1 Å². The Morgan fingerprint density at radius 3 is 2.56 bits per heavy atom. The first kappa shape index (κ1) is 19.6. The summed E-state index contributed by atoms with van der Waals surface area (Å²) in [5, 5.41) is 2.97. The van der Waals surface area contributed by atoms with E-state index in [9.17, 15) is 9.59 Å². The molecule has 0 saturated carbocycles. The zero-order valence-corrected chi connectivity index (χ0v) is 15.8. The molecule has 0 bridgehead atoms. The summed E-state index contributed by atoms with van der Waals surface area (Å²) in [4.78, 5) is 26.1. The maximum atomic E-state index is 12.2. The number of carbonyl (C=O) groups is 2. The molecule has 1 atom stereocenters. The van der Waals surface area contributed by atoms with Crippen LogP contribution in [-0.2, 0) is 14.3 Å². The number of amides is 2. The second-order valence-electron chi connectivity index (χ2n) is 7.00. The van der Waals surface area contributed by atoms with E-state index in [0.29, 0.717) is 44.9 Å². The largest absolute Gasteiger partial charge is 0.490 e. The Morgan fingerprint density at radius 1 is 1.19 bits per heavy atom. The highest BCUT2D eigenvalue weighted by Gasteiger charge is 2.24. The SMILES string of the molecule is COCCC(=O)N1CCC(Oc2ccc(C(=O)N[C@@H]3CCOC3)cc2)CC1. The van der Waals surface area contributed by atoms with Gasteiger partial charge in [0.1, 0.15) is 11.9 Å². The lowest BCUT2D eigenvalue weighted by Gasteiger charge is -2.32. The second-order valence-corrected chi connectivity index (χ2v) is 7.00. The minimum absolute atomic E-state index is 0.0834. The van der Waals surface area contributed by atoms with Gasteiger partial charge >= 0.3 is 0 Å². The average Bonchev–Trinajstić information content (AvgIpc) is 3.20. The number of benzene rings is 1. The molecule has 1 N–H and O–H groups in total. The molecule has 0 aromatic heterocycles. The minimum atomic E-state index is -0.0834. The van der Waals surface area contributed by atoms with Crippen molar-refractivity contribution in [1.29, 1.82) is 0 Å². The number of likely N-dealkylation sites (tertiary alicyclic amines) is 1. The molecule has 148 valence electrons. The molecule has 2 aliphatic heterocycles. The van der Waals surface area contributed by atoms with Crippen molar-refractivity contribution in [3.8, 4) is 5.75 Å². The number of hydrogen-bond donors (Lipinski definition) is 1. The Morgan fingerprint density at radius 2 is 1.93 bits per heavy atom. The molecular weight excluding hydrogens is 348 g/mol. The van der Waals surface area contributed by atoms with E-state index >= 15 is 0 Å². The first-order chi connectivity index (χ1) is 13.2. The zero-order chi connectivity index (χ0) is 19.1. The van der Waals surface area contributed by atoms with E-state index in [1.54, 1.807) is 19.2 Å². The van der Waals surface area contributed by atoms with Crippen molar-refractivity contribution < 1.29 is 23.8 Å². The number of rotatable bonds is 7. The smallest absolute Gasteiger partial charge is 0.251 e. The van der Waals surface area contributed by atoms with Crippen molar-refractivity contribution in [2.24, 2.45) is 0 Å². The average molecular weight is 376 g/mol. The quantitative estimate of drug-likeness (QED) is 0.782. The fourth-order valence-electron chi connectivity index (χ4n) is 3.36. The van der Waals surface area contributed by atoms with Gasteiger partial charge in [-0.05, 0) is 30.7 Å². The first-order valence-electron chi connectivity index (χ1n) is 9.57. The number of ether oxygens (including phenoxy) is 3. The summed E-state index contributed by atoms with van der Waals surface area (Å²) in [6.07, 6.45) is 3.00. The van der Waals surface area contributed by atoms with Crippen molar-refractivity contribution in [3.05, 3.63) is 29.8 Å². The monoisotopic (exact) mass is 376 g/mol. The molecule has 7 heteroatoms. The summed E-state index contributed by atoms with van der Waals surface area (Å²) < 4.78 is 16.3. The highest BCUT2D eigenvalue weighted by Crippen LogP contribution is 2.20. The van der Waals surface area contributed by atoms with Crippen LogP contribution in [0.5, 0.6) is 5.75 Å². The van der Waals surface area contributed by atoms with Gasteiger partial charge in [-0.15, -0.1) is 0 Å². The van der Waals surface area contributed by atoms with E-state index in [0.717, 1.165) is 25.0 Å². The Bertz CT molecular complexity index is 620. The van der Waals surface area contributed by atoms with E-state index in [1.807, 2.05) is 17.0 Å². The maximum Gasteiger partial charge on any atom is 0.251 e. The van der Waals surface area contributed by atoms with Gasteiger partial charge in [0, 0.05) is 45.2 Å².